The molecule has 1 saturated heterocycles. The fourth-order valence-electron chi connectivity index (χ4n) is 1.86. The van der Waals surface area contributed by atoms with Gasteiger partial charge in [-0.3, -0.25) is 0 Å². The summed E-state index contributed by atoms with van der Waals surface area (Å²) in [6.07, 6.45) is 1.04. The van der Waals surface area contributed by atoms with E-state index >= 15 is 0 Å². The highest BCUT2D eigenvalue weighted by Crippen LogP contribution is 2.29. The summed E-state index contributed by atoms with van der Waals surface area (Å²) >= 11 is 0. The van der Waals surface area contributed by atoms with Crippen LogP contribution in [-0.2, 0) is 4.74 Å². The van der Waals surface area contributed by atoms with Gasteiger partial charge in [0, 0.05) is 12.5 Å². The molecule has 1 fully saturated rings. The van der Waals surface area contributed by atoms with Gasteiger partial charge in [0.1, 0.15) is 5.82 Å². The third kappa shape index (κ3) is 1.94. The van der Waals surface area contributed by atoms with Crippen LogP contribution < -0.4 is 5.73 Å². The van der Waals surface area contributed by atoms with Gasteiger partial charge in [-0.15, -0.1) is 0 Å². The van der Waals surface area contributed by atoms with E-state index in [9.17, 15) is 4.39 Å². The molecule has 1 aromatic carbocycles. The maximum absolute atomic E-state index is 12.9. The smallest absolute Gasteiger partial charge is 0.123 e. The highest BCUT2D eigenvalue weighted by atomic mass is 19.1. The molecule has 1 aliphatic heterocycles. The summed E-state index contributed by atoms with van der Waals surface area (Å²) in [4.78, 5) is 0. The Morgan fingerprint density at radius 1 is 1.50 bits per heavy atom. The molecule has 0 radical (unpaired) electrons. The van der Waals surface area contributed by atoms with Crippen molar-refractivity contribution in [3.05, 3.63) is 35.6 Å². The molecule has 0 aliphatic carbocycles. The van der Waals surface area contributed by atoms with Gasteiger partial charge in [0.2, 0.25) is 0 Å². The monoisotopic (exact) mass is 195 g/mol. The summed E-state index contributed by atoms with van der Waals surface area (Å²) in [5.74, 6) is 0.123. The molecular weight excluding hydrogens is 181 g/mol. The largest absolute Gasteiger partial charge is 0.376 e. The van der Waals surface area contributed by atoms with Crippen LogP contribution in [0.2, 0.25) is 0 Å². The highest BCUT2D eigenvalue weighted by Gasteiger charge is 2.25. The predicted octanol–water partition coefficient (Wildman–Crippen LogP) is 1.66. The molecule has 0 bridgehead atoms. The van der Waals surface area contributed by atoms with Crippen molar-refractivity contribution in [2.75, 3.05) is 13.2 Å². The normalized spacial score (nSPS) is 26.7. The maximum Gasteiger partial charge on any atom is 0.123 e. The van der Waals surface area contributed by atoms with E-state index < -0.39 is 0 Å². The van der Waals surface area contributed by atoms with Gasteiger partial charge in [-0.05, 0) is 24.1 Å². The Morgan fingerprint density at radius 2 is 2.36 bits per heavy atom. The predicted molar refractivity (Wildman–Crippen MR) is 52.6 cm³/mol. The first kappa shape index (κ1) is 9.62. The van der Waals surface area contributed by atoms with Gasteiger partial charge in [0.05, 0.1) is 12.7 Å². The van der Waals surface area contributed by atoms with Crippen LogP contribution in [-0.4, -0.2) is 19.3 Å². The molecule has 0 saturated carbocycles. The average Bonchev–Trinajstić information content (AvgIpc) is 2.66. The van der Waals surface area contributed by atoms with Crippen LogP contribution in [0.1, 0.15) is 17.9 Å². The SMILES string of the molecule is NC[C@H]1C[C@H](c2cccc(F)c2)CO1. The molecule has 1 aliphatic rings. The van der Waals surface area contributed by atoms with Crippen LogP contribution in [0, 0.1) is 5.82 Å². The third-order valence-corrected chi connectivity index (χ3v) is 2.66. The molecule has 0 unspecified atom stereocenters. The number of hydrogen-bond donors (Lipinski definition) is 1. The molecule has 76 valence electrons. The van der Waals surface area contributed by atoms with Gasteiger partial charge in [0.15, 0.2) is 0 Å². The quantitative estimate of drug-likeness (QED) is 0.778. The molecule has 2 N–H and O–H groups in total. The molecule has 0 aromatic heterocycles. The van der Waals surface area contributed by atoms with Crippen molar-refractivity contribution < 1.29 is 9.13 Å². The van der Waals surface area contributed by atoms with E-state index in [1.807, 2.05) is 6.07 Å². The van der Waals surface area contributed by atoms with Crippen LogP contribution in [0.3, 0.4) is 0 Å². The zero-order valence-corrected chi connectivity index (χ0v) is 7.95. The third-order valence-electron chi connectivity index (χ3n) is 2.66. The highest BCUT2D eigenvalue weighted by molar-refractivity contribution is 5.21. The topological polar surface area (TPSA) is 35.2 Å². The first-order valence-electron chi connectivity index (χ1n) is 4.86. The summed E-state index contributed by atoms with van der Waals surface area (Å²) in [7, 11) is 0. The van der Waals surface area contributed by atoms with E-state index in [0.29, 0.717) is 19.1 Å². The van der Waals surface area contributed by atoms with E-state index in [0.717, 1.165) is 12.0 Å². The lowest BCUT2D eigenvalue weighted by Crippen LogP contribution is -2.18. The summed E-state index contributed by atoms with van der Waals surface area (Å²) in [6, 6.07) is 6.71. The van der Waals surface area contributed by atoms with Gasteiger partial charge in [-0.1, -0.05) is 12.1 Å². The van der Waals surface area contributed by atoms with E-state index in [-0.39, 0.29) is 11.9 Å². The minimum absolute atomic E-state index is 0.142. The molecule has 3 heteroatoms. The molecule has 0 spiro atoms. The zero-order chi connectivity index (χ0) is 9.97. The van der Waals surface area contributed by atoms with Crippen LogP contribution >= 0.6 is 0 Å². The maximum atomic E-state index is 12.9. The Labute approximate surface area is 82.9 Å². The van der Waals surface area contributed by atoms with Crippen molar-refractivity contribution in [3.63, 3.8) is 0 Å². The Morgan fingerprint density at radius 3 is 3.00 bits per heavy atom. The summed E-state index contributed by atoms with van der Waals surface area (Å²) in [6.45, 7) is 1.21. The van der Waals surface area contributed by atoms with Crippen LogP contribution in [0.5, 0.6) is 0 Å². The van der Waals surface area contributed by atoms with Gasteiger partial charge < -0.3 is 10.5 Å². The van der Waals surface area contributed by atoms with Gasteiger partial charge in [-0.25, -0.2) is 4.39 Å². The number of rotatable bonds is 2. The Balaban J connectivity index is 2.09. The van der Waals surface area contributed by atoms with Crippen molar-refractivity contribution in [3.8, 4) is 0 Å². The molecule has 1 heterocycles. The fraction of sp³-hybridized carbons (Fsp3) is 0.455. The van der Waals surface area contributed by atoms with E-state index in [1.54, 1.807) is 12.1 Å². The van der Waals surface area contributed by atoms with Crippen LogP contribution in [0.25, 0.3) is 0 Å². The second-order valence-electron chi connectivity index (χ2n) is 3.68. The molecule has 2 rings (SSSR count). The van der Waals surface area contributed by atoms with Crippen molar-refractivity contribution in [1.29, 1.82) is 0 Å². The molecule has 2 nitrogen and oxygen atoms in total. The first-order valence-corrected chi connectivity index (χ1v) is 4.86. The molecule has 1 aromatic rings. The fourth-order valence-corrected chi connectivity index (χ4v) is 1.86. The summed E-state index contributed by atoms with van der Waals surface area (Å²) < 4.78 is 18.4. The number of benzene rings is 1. The average molecular weight is 195 g/mol. The van der Waals surface area contributed by atoms with Gasteiger partial charge in [0.25, 0.3) is 0 Å². The summed E-state index contributed by atoms with van der Waals surface area (Å²) in [5, 5.41) is 0. The van der Waals surface area contributed by atoms with Crippen LogP contribution in [0.4, 0.5) is 4.39 Å². The van der Waals surface area contributed by atoms with Gasteiger partial charge in [-0.2, -0.15) is 0 Å². The number of halogens is 1. The minimum Gasteiger partial charge on any atom is -0.376 e. The standard InChI is InChI=1S/C11H14FNO/c12-10-3-1-2-8(4-10)9-5-11(6-13)14-7-9/h1-4,9,11H,5-7,13H2/t9-,11+/m0/s1. The number of hydrogen-bond acceptors (Lipinski definition) is 2. The lowest BCUT2D eigenvalue weighted by Gasteiger charge is -2.07. The number of nitrogens with two attached hydrogens (primary N) is 1. The van der Waals surface area contributed by atoms with E-state index in [2.05, 4.69) is 0 Å². The van der Waals surface area contributed by atoms with Crippen molar-refractivity contribution in [2.45, 2.75) is 18.4 Å². The molecule has 0 amide bonds. The van der Waals surface area contributed by atoms with E-state index in [1.165, 1.54) is 6.07 Å². The lowest BCUT2D eigenvalue weighted by molar-refractivity contribution is 0.116. The second-order valence-corrected chi connectivity index (χ2v) is 3.68. The summed E-state index contributed by atoms with van der Waals surface area (Å²) in [5.41, 5.74) is 6.52. The second kappa shape index (κ2) is 4.07. The minimum atomic E-state index is -0.182. The zero-order valence-electron chi connectivity index (χ0n) is 7.95. The van der Waals surface area contributed by atoms with Gasteiger partial charge >= 0.3 is 0 Å². The lowest BCUT2D eigenvalue weighted by atomic mass is 9.96. The van der Waals surface area contributed by atoms with E-state index in [4.69, 9.17) is 10.5 Å². The molecule has 2 atom stereocenters. The molecular formula is C11H14FNO. The van der Waals surface area contributed by atoms with Crippen LogP contribution in [0.15, 0.2) is 24.3 Å². The first-order chi connectivity index (χ1) is 6.79. The van der Waals surface area contributed by atoms with Crippen molar-refractivity contribution in [1.82, 2.24) is 0 Å². The Kier molecular flexibility index (Phi) is 2.79. The van der Waals surface area contributed by atoms with Crippen molar-refractivity contribution >= 4 is 0 Å². The Hall–Kier alpha value is -0.930. The number of ether oxygens (including phenoxy) is 1. The Bertz CT molecular complexity index is 316. The van der Waals surface area contributed by atoms with Crippen molar-refractivity contribution in [2.24, 2.45) is 5.73 Å². The molecule has 14 heavy (non-hydrogen) atoms.